The van der Waals surface area contributed by atoms with Crippen molar-refractivity contribution < 1.29 is 8.42 Å². The van der Waals surface area contributed by atoms with Crippen LogP contribution < -0.4 is 14.5 Å². The Hall–Kier alpha value is -3.76. The van der Waals surface area contributed by atoms with Gasteiger partial charge in [0.25, 0.3) is 10.0 Å². The highest BCUT2D eigenvalue weighted by Gasteiger charge is 2.43. The van der Waals surface area contributed by atoms with E-state index in [2.05, 4.69) is 51.3 Å². The number of hydrogen-bond donors (Lipinski definition) is 1. The molecular formula is C28H31N7O2S. The number of benzene rings is 2. The monoisotopic (exact) mass is 529 g/mol. The van der Waals surface area contributed by atoms with Crippen LogP contribution in [-0.4, -0.2) is 68.0 Å². The van der Waals surface area contributed by atoms with E-state index in [9.17, 15) is 8.42 Å². The van der Waals surface area contributed by atoms with Crippen molar-refractivity contribution in [1.29, 1.82) is 0 Å². The van der Waals surface area contributed by atoms with Crippen molar-refractivity contribution in [3.63, 3.8) is 0 Å². The highest BCUT2D eigenvalue weighted by Crippen LogP contribution is 2.42. The second-order valence-corrected chi connectivity index (χ2v) is 12.7. The minimum atomic E-state index is -3.92. The Labute approximate surface area is 223 Å². The van der Waals surface area contributed by atoms with Crippen LogP contribution >= 0.6 is 0 Å². The van der Waals surface area contributed by atoms with Gasteiger partial charge in [0.05, 0.1) is 5.52 Å². The predicted octanol–water partition coefficient (Wildman–Crippen LogP) is 4.01. The Balaban J connectivity index is 1.29. The SMILES string of the molecule is CN(C)C1CN(c2ccc(Nc3ncc4c(n3)N(S(=O)(=O)c3cccc5cccnc35)CC4(C)C)cc2)C1. The van der Waals surface area contributed by atoms with Gasteiger partial charge in [-0.2, -0.15) is 4.98 Å². The molecule has 4 heterocycles. The molecule has 38 heavy (non-hydrogen) atoms. The number of aromatic nitrogens is 3. The number of rotatable bonds is 6. The van der Waals surface area contributed by atoms with Gasteiger partial charge in [-0.3, -0.25) is 4.98 Å². The van der Waals surface area contributed by atoms with Gasteiger partial charge in [-0.15, -0.1) is 0 Å². The highest BCUT2D eigenvalue weighted by molar-refractivity contribution is 7.93. The minimum Gasteiger partial charge on any atom is -0.368 e. The molecule has 6 rings (SSSR count). The summed E-state index contributed by atoms with van der Waals surface area (Å²) in [5.41, 5.74) is 2.81. The largest absolute Gasteiger partial charge is 0.368 e. The molecule has 10 heteroatoms. The number of nitrogens with zero attached hydrogens (tertiary/aromatic N) is 6. The van der Waals surface area contributed by atoms with Gasteiger partial charge in [0, 0.05) is 65.8 Å². The fourth-order valence-corrected chi connectivity index (χ4v) is 6.86. The van der Waals surface area contributed by atoms with Gasteiger partial charge in [0.1, 0.15) is 4.90 Å². The first-order chi connectivity index (χ1) is 18.1. The highest BCUT2D eigenvalue weighted by atomic mass is 32.2. The number of pyridine rings is 1. The smallest absolute Gasteiger partial charge is 0.267 e. The number of nitrogens with one attached hydrogen (secondary N) is 1. The molecule has 196 valence electrons. The Kier molecular flexibility index (Phi) is 5.77. The Morgan fingerprint density at radius 2 is 1.74 bits per heavy atom. The van der Waals surface area contributed by atoms with Crippen LogP contribution in [0.2, 0.25) is 0 Å². The summed E-state index contributed by atoms with van der Waals surface area (Å²) in [5, 5.41) is 4.02. The molecule has 0 bridgehead atoms. The van der Waals surface area contributed by atoms with E-state index in [1.54, 1.807) is 30.6 Å². The van der Waals surface area contributed by atoms with Crippen LogP contribution in [0.5, 0.6) is 0 Å². The molecule has 0 unspecified atom stereocenters. The second kappa shape index (κ2) is 8.92. The lowest BCUT2D eigenvalue weighted by Gasteiger charge is -2.44. The first kappa shape index (κ1) is 24.6. The Morgan fingerprint density at radius 3 is 2.47 bits per heavy atom. The maximum absolute atomic E-state index is 14.0. The molecule has 2 aliphatic rings. The van der Waals surface area contributed by atoms with E-state index >= 15 is 0 Å². The summed E-state index contributed by atoms with van der Waals surface area (Å²) >= 11 is 0. The van der Waals surface area contributed by atoms with Gasteiger partial charge >= 0.3 is 0 Å². The predicted molar refractivity (Wildman–Crippen MR) is 151 cm³/mol. The Morgan fingerprint density at radius 1 is 1.00 bits per heavy atom. The van der Waals surface area contributed by atoms with Crippen molar-refractivity contribution in [1.82, 2.24) is 19.9 Å². The third kappa shape index (κ3) is 4.13. The van der Waals surface area contributed by atoms with Crippen LogP contribution in [0.4, 0.5) is 23.1 Å². The lowest BCUT2D eigenvalue weighted by atomic mass is 9.89. The zero-order valence-corrected chi connectivity index (χ0v) is 22.8. The maximum atomic E-state index is 14.0. The second-order valence-electron chi connectivity index (χ2n) is 10.9. The third-order valence-electron chi connectivity index (χ3n) is 7.52. The molecule has 2 aliphatic heterocycles. The van der Waals surface area contributed by atoms with Crippen LogP contribution in [0.3, 0.4) is 0 Å². The van der Waals surface area contributed by atoms with Gasteiger partial charge in [-0.25, -0.2) is 17.7 Å². The first-order valence-electron chi connectivity index (χ1n) is 12.7. The first-order valence-corrected chi connectivity index (χ1v) is 14.1. The van der Waals surface area contributed by atoms with Crippen molar-refractivity contribution in [2.45, 2.75) is 30.2 Å². The van der Waals surface area contributed by atoms with E-state index in [1.807, 2.05) is 38.1 Å². The standard InChI is InChI=1S/C28H31N7O2S/c1-28(2)18-35(38(36,37)24-9-5-7-19-8-6-14-29-25(19)24)26-23(28)15-30-27(32-26)31-20-10-12-21(13-11-20)34-16-22(17-34)33(3)4/h5-15,22H,16-18H2,1-4H3,(H,30,31,32). The summed E-state index contributed by atoms with van der Waals surface area (Å²) in [6.07, 6.45) is 3.35. The molecule has 0 aliphatic carbocycles. The fourth-order valence-electron chi connectivity index (χ4n) is 5.10. The molecule has 1 N–H and O–H groups in total. The molecule has 0 spiro atoms. The summed E-state index contributed by atoms with van der Waals surface area (Å²) < 4.78 is 29.3. The van der Waals surface area contributed by atoms with Crippen LogP contribution in [0.15, 0.2) is 71.9 Å². The molecule has 2 aromatic carbocycles. The average Bonchev–Trinajstić information content (AvgIpc) is 3.14. The van der Waals surface area contributed by atoms with E-state index in [4.69, 9.17) is 4.98 Å². The Bertz CT molecular complexity index is 1610. The molecule has 0 atom stereocenters. The minimum absolute atomic E-state index is 0.172. The summed E-state index contributed by atoms with van der Waals surface area (Å²) in [6, 6.07) is 17.6. The number of sulfonamides is 1. The van der Waals surface area contributed by atoms with Crippen molar-refractivity contribution in [3.05, 3.63) is 72.6 Å². The number of fused-ring (bicyclic) bond motifs is 2. The zero-order chi connectivity index (χ0) is 26.7. The maximum Gasteiger partial charge on any atom is 0.267 e. The quantitative estimate of drug-likeness (QED) is 0.401. The fraction of sp³-hybridized carbons (Fsp3) is 0.321. The van der Waals surface area contributed by atoms with Crippen molar-refractivity contribution in [2.24, 2.45) is 0 Å². The van der Waals surface area contributed by atoms with E-state index in [0.717, 1.165) is 29.7 Å². The number of anilines is 4. The average molecular weight is 530 g/mol. The lowest BCUT2D eigenvalue weighted by Crippen LogP contribution is -2.57. The van der Waals surface area contributed by atoms with E-state index < -0.39 is 15.4 Å². The van der Waals surface area contributed by atoms with E-state index in [0.29, 0.717) is 23.3 Å². The van der Waals surface area contributed by atoms with Gasteiger partial charge < -0.3 is 15.1 Å². The summed E-state index contributed by atoms with van der Waals surface area (Å²) in [4.78, 5) is 18.4. The van der Waals surface area contributed by atoms with E-state index in [1.165, 1.54) is 9.99 Å². The van der Waals surface area contributed by atoms with Gasteiger partial charge in [-0.1, -0.05) is 32.0 Å². The van der Waals surface area contributed by atoms with Crippen molar-refractivity contribution in [3.8, 4) is 0 Å². The molecular weight excluding hydrogens is 498 g/mol. The number of likely N-dealkylation sites (N-methyl/N-ethyl adjacent to an activating group) is 1. The normalized spacial score (nSPS) is 17.1. The molecule has 9 nitrogen and oxygen atoms in total. The van der Waals surface area contributed by atoms with Crippen LogP contribution in [-0.2, 0) is 15.4 Å². The van der Waals surface area contributed by atoms with Gasteiger partial charge in [0.15, 0.2) is 5.82 Å². The van der Waals surface area contributed by atoms with E-state index in [-0.39, 0.29) is 11.4 Å². The van der Waals surface area contributed by atoms with Crippen molar-refractivity contribution in [2.75, 3.05) is 48.3 Å². The summed E-state index contributed by atoms with van der Waals surface area (Å²) in [5.74, 6) is 0.745. The number of hydrogen-bond acceptors (Lipinski definition) is 8. The van der Waals surface area contributed by atoms with Gasteiger partial charge in [0.2, 0.25) is 5.95 Å². The molecule has 0 radical (unpaired) electrons. The topological polar surface area (TPSA) is 94.6 Å². The molecule has 0 amide bonds. The van der Waals surface area contributed by atoms with Crippen LogP contribution in [0.1, 0.15) is 19.4 Å². The zero-order valence-electron chi connectivity index (χ0n) is 22.0. The molecule has 2 aromatic heterocycles. The van der Waals surface area contributed by atoms with Crippen LogP contribution in [0.25, 0.3) is 10.9 Å². The molecule has 1 fully saturated rings. The lowest BCUT2D eigenvalue weighted by molar-refractivity contribution is 0.247. The third-order valence-corrected chi connectivity index (χ3v) is 9.29. The summed E-state index contributed by atoms with van der Waals surface area (Å²) in [7, 11) is 0.300. The van der Waals surface area contributed by atoms with Crippen molar-refractivity contribution >= 4 is 44.1 Å². The molecule has 1 saturated heterocycles. The van der Waals surface area contributed by atoms with Crippen LogP contribution in [0, 0.1) is 0 Å². The molecule has 4 aromatic rings. The summed E-state index contributed by atoms with van der Waals surface area (Å²) in [6.45, 7) is 6.31. The van der Waals surface area contributed by atoms with Gasteiger partial charge in [-0.05, 0) is 50.5 Å². The molecule has 0 saturated carbocycles. The number of para-hydroxylation sites is 1.